The van der Waals surface area contributed by atoms with Crippen LogP contribution in [0.15, 0.2) is 0 Å². The lowest BCUT2D eigenvalue weighted by molar-refractivity contribution is -0.109. The van der Waals surface area contributed by atoms with Crippen molar-refractivity contribution in [3.05, 3.63) is 0 Å². The second-order valence-electron chi connectivity index (χ2n) is 0.352. The van der Waals surface area contributed by atoms with Gasteiger partial charge in [-0.05, 0) is 0 Å². The Morgan fingerprint density at radius 1 is 2.50 bits per heavy atom. The third kappa shape index (κ3) is 1.47. The molecule has 2 heteroatoms. The largest absolute Gasteiger partial charge is 0.362 e. The van der Waals surface area contributed by atoms with Gasteiger partial charge in [0.1, 0.15) is 1.37 Å². The zero-order valence-electron chi connectivity index (χ0n) is 3.41. The summed E-state index contributed by atoms with van der Waals surface area (Å²) in [7, 11) is 1.41. The summed E-state index contributed by atoms with van der Waals surface area (Å²) in [4.78, 5) is 9.37. The number of hydrogen-bond donors (Lipinski definition) is 1. The van der Waals surface area contributed by atoms with Gasteiger partial charge in [0, 0.05) is 7.05 Å². The predicted octanol–water partition coefficient (Wildman–Crippen LogP) is -0.638. The van der Waals surface area contributed by atoms with Crippen molar-refractivity contribution in [1.82, 2.24) is 5.32 Å². The Labute approximate surface area is 26.2 Å². The highest BCUT2D eigenvalue weighted by atomic mass is 16.1. The molecule has 0 saturated heterocycles. The summed E-state index contributed by atoms with van der Waals surface area (Å²) in [6.45, 7) is 0. The highest BCUT2D eigenvalue weighted by Gasteiger charge is 1.43. The second kappa shape index (κ2) is 2.47. The summed E-state index contributed by atoms with van der Waals surface area (Å²) >= 11 is 0. The van der Waals surface area contributed by atoms with Crippen molar-refractivity contribution in [1.29, 1.82) is 0 Å². The van der Waals surface area contributed by atoms with E-state index < -0.39 is 6.39 Å². The molecule has 24 valence electrons. The van der Waals surface area contributed by atoms with Gasteiger partial charge in [-0.3, -0.25) is 4.79 Å². The summed E-state index contributed by atoms with van der Waals surface area (Å²) in [5.74, 6) is 0. The van der Waals surface area contributed by atoms with Crippen molar-refractivity contribution in [2.75, 3.05) is 7.05 Å². The number of carbonyl (C=O) groups excluding carboxylic acids is 1. The minimum Gasteiger partial charge on any atom is -0.362 e. The highest BCUT2D eigenvalue weighted by Crippen LogP contribution is 1.09. The molecule has 2 nitrogen and oxygen atoms in total. The molecule has 0 atom stereocenters. The second-order valence-corrected chi connectivity index (χ2v) is 0.352. The molecule has 0 spiro atoms. The van der Waals surface area contributed by atoms with Crippen LogP contribution in [-0.2, 0) is 4.79 Å². The summed E-state index contributed by atoms with van der Waals surface area (Å²) in [6.07, 6.45) is -0.745. The van der Waals surface area contributed by atoms with Gasteiger partial charge < -0.3 is 5.32 Å². The maximum atomic E-state index is 9.37. The molecule has 0 rings (SSSR count). The lowest BCUT2D eigenvalue weighted by Gasteiger charge is -1.64. The van der Waals surface area contributed by atoms with Crippen molar-refractivity contribution in [3.63, 3.8) is 0 Å². The van der Waals surface area contributed by atoms with Gasteiger partial charge in [-0.2, -0.15) is 0 Å². The molecule has 0 saturated carbocycles. The van der Waals surface area contributed by atoms with Gasteiger partial charge in [0.2, 0.25) is 6.39 Å². The number of nitrogens with one attached hydrogen (secondary N) is 1. The van der Waals surface area contributed by atoms with Crippen LogP contribution in [0, 0.1) is 0 Å². The molecular formula is C2H5NO. The summed E-state index contributed by atoms with van der Waals surface area (Å²) in [5, 5.41) is 2.06. The minimum absolute atomic E-state index is 0.745. The first-order valence-electron chi connectivity index (χ1n) is 1.45. The number of amides is 1. The molecule has 0 aromatic rings. The van der Waals surface area contributed by atoms with Gasteiger partial charge in [-0.1, -0.05) is 0 Å². The molecule has 0 fully saturated rings. The molecule has 0 bridgehead atoms. The number of hydrogen-bond acceptors (Lipinski definition) is 1. The van der Waals surface area contributed by atoms with E-state index in [0.717, 1.165) is 0 Å². The van der Waals surface area contributed by atoms with E-state index in [1.807, 2.05) is 0 Å². The van der Waals surface area contributed by atoms with Crippen molar-refractivity contribution in [2.24, 2.45) is 0 Å². The van der Waals surface area contributed by atoms with Crippen molar-refractivity contribution in [2.45, 2.75) is 0 Å². The zero-order valence-corrected chi connectivity index (χ0v) is 2.41. The van der Waals surface area contributed by atoms with Crippen LogP contribution in [0.1, 0.15) is 1.37 Å². The van der Waals surface area contributed by atoms with Crippen molar-refractivity contribution >= 4 is 6.39 Å². The minimum atomic E-state index is -0.745. The zero-order chi connectivity index (χ0) is 4.28. The molecule has 0 aliphatic rings. The van der Waals surface area contributed by atoms with Crippen LogP contribution in [0.25, 0.3) is 0 Å². The summed E-state index contributed by atoms with van der Waals surface area (Å²) in [5.41, 5.74) is 0. The van der Waals surface area contributed by atoms with E-state index in [1.165, 1.54) is 7.05 Å². The van der Waals surface area contributed by atoms with E-state index in [0.29, 0.717) is 0 Å². The van der Waals surface area contributed by atoms with E-state index in [4.69, 9.17) is 1.37 Å². The first-order valence-corrected chi connectivity index (χ1v) is 0.954. The molecule has 0 aromatic carbocycles. The first kappa shape index (κ1) is 1.76. The Balaban J connectivity index is 2.85. The number of carbonyl (C=O) groups is 1. The Hall–Kier alpha value is -0.530. The molecule has 0 aromatic heterocycles. The van der Waals surface area contributed by atoms with Crippen LogP contribution in [0.2, 0.25) is 0 Å². The average molecular weight is 60.1 g/mol. The van der Waals surface area contributed by atoms with Gasteiger partial charge >= 0.3 is 0 Å². The van der Waals surface area contributed by atoms with Crippen LogP contribution in [0.3, 0.4) is 0 Å². The smallest absolute Gasteiger partial charge is 0.206 e. The normalized spacial score (nSPS) is 8.75. The lowest BCUT2D eigenvalue weighted by atomic mass is 11.2. The SMILES string of the molecule is [2H]C(=O)NC. The molecule has 0 aliphatic carbocycles. The molecule has 0 unspecified atom stereocenters. The van der Waals surface area contributed by atoms with E-state index in [2.05, 4.69) is 5.32 Å². The molecule has 0 radical (unpaired) electrons. The van der Waals surface area contributed by atoms with Gasteiger partial charge in [0.05, 0.1) is 0 Å². The lowest BCUT2D eigenvalue weighted by Crippen LogP contribution is -1.98. The number of rotatable bonds is 0. The van der Waals surface area contributed by atoms with E-state index in [-0.39, 0.29) is 0 Å². The highest BCUT2D eigenvalue weighted by molar-refractivity contribution is 5.44. The fourth-order valence-corrected chi connectivity index (χ4v) is 0. The standard InChI is InChI=1S/C2H5NO/c1-3-2-4/h2H,1H3,(H,3,4)/i2D. The Kier molecular flexibility index (Phi) is 1.09. The predicted molar refractivity (Wildman–Crippen MR) is 15.1 cm³/mol. The maximum Gasteiger partial charge on any atom is 0.206 e. The molecule has 0 aliphatic heterocycles. The third-order valence-corrected chi connectivity index (χ3v) is 0.102. The Morgan fingerprint density at radius 2 is 2.75 bits per heavy atom. The molecule has 4 heavy (non-hydrogen) atoms. The fraction of sp³-hybridized carbons (Fsp3) is 0.500. The van der Waals surface area contributed by atoms with E-state index in [9.17, 15) is 4.79 Å². The van der Waals surface area contributed by atoms with E-state index in [1.54, 1.807) is 0 Å². The van der Waals surface area contributed by atoms with Gasteiger partial charge in [0.15, 0.2) is 0 Å². The molecular weight excluding hydrogens is 54.0 g/mol. The molecule has 1 amide bonds. The van der Waals surface area contributed by atoms with Crippen LogP contribution in [0.5, 0.6) is 0 Å². The summed E-state index contributed by atoms with van der Waals surface area (Å²) < 4.78 is 6.08. The summed E-state index contributed by atoms with van der Waals surface area (Å²) in [6, 6.07) is 0. The molecule has 0 heterocycles. The monoisotopic (exact) mass is 60.0 g/mol. The Bertz CT molecular complexity index is 44.9. The van der Waals surface area contributed by atoms with Crippen LogP contribution in [0.4, 0.5) is 0 Å². The van der Waals surface area contributed by atoms with Crippen LogP contribution >= 0.6 is 0 Å². The van der Waals surface area contributed by atoms with Gasteiger partial charge in [-0.15, -0.1) is 0 Å². The van der Waals surface area contributed by atoms with Crippen LogP contribution < -0.4 is 5.32 Å². The Morgan fingerprint density at radius 3 is 2.75 bits per heavy atom. The fourth-order valence-electron chi connectivity index (χ4n) is 0. The van der Waals surface area contributed by atoms with Crippen molar-refractivity contribution < 1.29 is 6.17 Å². The molecule has 1 N–H and O–H groups in total. The van der Waals surface area contributed by atoms with Gasteiger partial charge in [-0.25, -0.2) is 0 Å². The third-order valence-electron chi connectivity index (χ3n) is 0.102. The topological polar surface area (TPSA) is 29.1 Å². The van der Waals surface area contributed by atoms with Crippen LogP contribution in [-0.4, -0.2) is 13.4 Å². The maximum absolute atomic E-state index is 9.37. The van der Waals surface area contributed by atoms with Gasteiger partial charge in [0.25, 0.3) is 0 Å². The average Bonchev–Trinajstić information content (AvgIpc) is 1.38. The van der Waals surface area contributed by atoms with E-state index >= 15 is 0 Å². The first-order chi connectivity index (χ1) is 2.27. The van der Waals surface area contributed by atoms with Crippen molar-refractivity contribution in [3.8, 4) is 0 Å². The quantitative estimate of drug-likeness (QED) is 0.370.